The SMILES string of the molecule is COCCOc1ncc(NC(=O)[C@@](C)(CC(C)C)OC)cc1C. The highest BCUT2D eigenvalue weighted by Gasteiger charge is 2.34. The molecule has 0 saturated heterocycles. The average molecular weight is 324 g/mol. The summed E-state index contributed by atoms with van der Waals surface area (Å²) < 4.78 is 15.9. The van der Waals surface area contributed by atoms with Crippen molar-refractivity contribution in [1.29, 1.82) is 0 Å². The number of nitrogens with zero attached hydrogens (tertiary/aromatic N) is 1. The fraction of sp³-hybridized carbons (Fsp3) is 0.647. The van der Waals surface area contributed by atoms with E-state index in [1.165, 1.54) is 0 Å². The van der Waals surface area contributed by atoms with E-state index >= 15 is 0 Å². The summed E-state index contributed by atoms with van der Waals surface area (Å²) in [5.41, 5.74) is 0.607. The number of aryl methyl sites for hydroxylation is 1. The van der Waals surface area contributed by atoms with Crippen LogP contribution in [-0.4, -0.2) is 43.9 Å². The van der Waals surface area contributed by atoms with Gasteiger partial charge in [0.2, 0.25) is 5.88 Å². The first kappa shape index (κ1) is 19.4. The highest BCUT2D eigenvalue weighted by Crippen LogP contribution is 2.24. The van der Waals surface area contributed by atoms with E-state index in [4.69, 9.17) is 14.2 Å². The van der Waals surface area contributed by atoms with Gasteiger partial charge in [-0.05, 0) is 32.3 Å². The van der Waals surface area contributed by atoms with Crippen LogP contribution in [0.2, 0.25) is 0 Å². The van der Waals surface area contributed by atoms with Gasteiger partial charge in [-0.3, -0.25) is 4.79 Å². The van der Waals surface area contributed by atoms with Crippen LogP contribution >= 0.6 is 0 Å². The van der Waals surface area contributed by atoms with Gasteiger partial charge in [0.25, 0.3) is 5.91 Å². The molecule has 1 atom stereocenters. The Hall–Kier alpha value is -1.66. The predicted molar refractivity (Wildman–Crippen MR) is 89.8 cm³/mol. The molecule has 0 aromatic carbocycles. The standard InChI is InChI=1S/C17H28N2O4/c1-12(2)10-17(4,22-6)16(20)19-14-9-13(3)15(18-11-14)23-8-7-21-5/h9,11-12H,7-8,10H2,1-6H3,(H,19,20)/t17-/m1/s1. The lowest BCUT2D eigenvalue weighted by molar-refractivity contribution is -0.137. The lowest BCUT2D eigenvalue weighted by Gasteiger charge is -2.28. The highest BCUT2D eigenvalue weighted by molar-refractivity contribution is 5.97. The van der Waals surface area contributed by atoms with Gasteiger partial charge in [-0.1, -0.05) is 13.8 Å². The molecule has 1 amide bonds. The number of hydrogen-bond donors (Lipinski definition) is 1. The van der Waals surface area contributed by atoms with E-state index < -0.39 is 5.60 Å². The summed E-state index contributed by atoms with van der Waals surface area (Å²) in [6.07, 6.45) is 2.22. The molecule has 0 aliphatic heterocycles. The third kappa shape index (κ3) is 5.80. The van der Waals surface area contributed by atoms with Gasteiger partial charge in [0.1, 0.15) is 12.2 Å². The minimum atomic E-state index is -0.865. The molecule has 0 fully saturated rings. The van der Waals surface area contributed by atoms with Gasteiger partial charge in [0, 0.05) is 19.8 Å². The van der Waals surface area contributed by atoms with Crippen molar-refractivity contribution in [3.05, 3.63) is 17.8 Å². The fourth-order valence-electron chi connectivity index (χ4n) is 2.31. The van der Waals surface area contributed by atoms with Crippen molar-refractivity contribution in [2.45, 2.75) is 39.7 Å². The van der Waals surface area contributed by atoms with Gasteiger partial charge in [-0.25, -0.2) is 4.98 Å². The molecule has 1 rings (SSSR count). The molecule has 0 bridgehead atoms. The largest absolute Gasteiger partial charge is 0.475 e. The van der Waals surface area contributed by atoms with Crippen molar-refractivity contribution in [2.24, 2.45) is 5.92 Å². The zero-order valence-electron chi connectivity index (χ0n) is 14.9. The van der Waals surface area contributed by atoms with Crippen LogP contribution in [0.1, 0.15) is 32.8 Å². The third-order valence-corrected chi connectivity index (χ3v) is 3.54. The number of ether oxygens (including phenoxy) is 3. The number of anilines is 1. The smallest absolute Gasteiger partial charge is 0.256 e. The summed E-state index contributed by atoms with van der Waals surface area (Å²) in [6.45, 7) is 8.73. The summed E-state index contributed by atoms with van der Waals surface area (Å²) >= 11 is 0. The number of pyridine rings is 1. The van der Waals surface area contributed by atoms with Crippen LogP contribution in [-0.2, 0) is 14.3 Å². The number of nitrogens with one attached hydrogen (secondary N) is 1. The first-order chi connectivity index (χ1) is 10.8. The van der Waals surface area contributed by atoms with Crippen LogP contribution in [0.25, 0.3) is 0 Å². The van der Waals surface area contributed by atoms with Crippen molar-refractivity contribution < 1.29 is 19.0 Å². The van der Waals surface area contributed by atoms with Crippen molar-refractivity contribution in [1.82, 2.24) is 4.98 Å². The molecule has 1 aromatic rings. The van der Waals surface area contributed by atoms with Crippen molar-refractivity contribution in [3.8, 4) is 5.88 Å². The van der Waals surface area contributed by atoms with E-state index in [9.17, 15) is 4.79 Å². The summed E-state index contributed by atoms with van der Waals surface area (Å²) in [6, 6.07) is 1.83. The normalized spacial score (nSPS) is 13.7. The molecule has 1 N–H and O–H groups in total. The Bertz CT molecular complexity index is 519. The van der Waals surface area contributed by atoms with Crippen LogP contribution in [0.5, 0.6) is 5.88 Å². The molecule has 0 aliphatic carbocycles. The van der Waals surface area contributed by atoms with Crippen LogP contribution in [0, 0.1) is 12.8 Å². The van der Waals surface area contributed by atoms with Gasteiger partial charge < -0.3 is 19.5 Å². The summed E-state index contributed by atoms with van der Waals surface area (Å²) in [5.74, 6) is 0.710. The molecule has 0 unspecified atom stereocenters. The molecule has 0 aliphatic rings. The van der Waals surface area contributed by atoms with E-state index in [0.29, 0.717) is 37.1 Å². The van der Waals surface area contributed by atoms with Crippen LogP contribution in [0.3, 0.4) is 0 Å². The molecule has 6 nitrogen and oxygen atoms in total. The summed E-state index contributed by atoms with van der Waals surface area (Å²) in [4.78, 5) is 16.7. The minimum absolute atomic E-state index is 0.178. The number of aromatic nitrogens is 1. The number of methoxy groups -OCH3 is 2. The van der Waals surface area contributed by atoms with E-state index in [0.717, 1.165) is 5.56 Å². The molecule has 23 heavy (non-hydrogen) atoms. The van der Waals surface area contributed by atoms with E-state index in [1.54, 1.807) is 27.3 Å². The second kappa shape index (κ2) is 8.84. The maximum Gasteiger partial charge on any atom is 0.256 e. The molecule has 6 heteroatoms. The Balaban J connectivity index is 2.76. The van der Waals surface area contributed by atoms with Gasteiger partial charge in [0.05, 0.1) is 18.5 Å². The van der Waals surface area contributed by atoms with Crippen molar-refractivity contribution in [3.63, 3.8) is 0 Å². The predicted octanol–water partition coefficient (Wildman–Crippen LogP) is 2.80. The third-order valence-electron chi connectivity index (χ3n) is 3.54. The summed E-state index contributed by atoms with van der Waals surface area (Å²) in [7, 11) is 3.17. The number of carbonyl (C=O) groups is 1. The molecule has 0 spiro atoms. The Morgan fingerprint density at radius 2 is 2.04 bits per heavy atom. The monoisotopic (exact) mass is 324 g/mol. The lowest BCUT2D eigenvalue weighted by atomic mass is 9.93. The van der Waals surface area contributed by atoms with E-state index in [2.05, 4.69) is 24.1 Å². The van der Waals surface area contributed by atoms with Crippen LogP contribution in [0.4, 0.5) is 5.69 Å². The first-order valence-corrected chi connectivity index (χ1v) is 7.77. The van der Waals surface area contributed by atoms with E-state index in [-0.39, 0.29) is 5.91 Å². The number of rotatable bonds is 9. The maximum atomic E-state index is 12.5. The average Bonchev–Trinajstić information content (AvgIpc) is 2.48. The second-order valence-corrected chi connectivity index (χ2v) is 6.17. The molecule has 130 valence electrons. The van der Waals surface area contributed by atoms with Crippen molar-refractivity contribution in [2.75, 3.05) is 32.8 Å². The van der Waals surface area contributed by atoms with Gasteiger partial charge in [-0.15, -0.1) is 0 Å². The zero-order chi connectivity index (χ0) is 17.5. The minimum Gasteiger partial charge on any atom is -0.475 e. The second-order valence-electron chi connectivity index (χ2n) is 6.17. The van der Waals surface area contributed by atoms with Gasteiger partial charge in [0.15, 0.2) is 0 Å². The number of hydrogen-bond acceptors (Lipinski definition) is 5. The van der Waals surface area contributed by atoms with Crippen LogP contribution in [0.15, 0.2) is 12.3 Å². The Kier molecular flexibility index (Phi) is 7.45. The van der Waals surface area contributed by atoms with Crippen LogP contribution < -0.4 is 10.1 Å². The number of amides is 1. The van der Waals surface area contributed by atoms with Gasteiger partial charge >= 0.3 is 0 Å². The topological polar surface area (TPSA) is 69.7 Å². The highest BCUT2D eigenvalue weighted by atomic mass is 16.5. The Labute approximate surface area is 138 Å². The zero-order valence-corrected chi connectivity index (χ0v) is 14.9. The molecular formula is C17H28N2O4. The molecule has 1 aromatic heterocycles. The molecule has 0 radical (unpaired) electrons. The maximum absolute atomic E-state index is 12.5. The molecular weight excluding hydrogens is 296 g/mol. The summed E-state index contributed by atoms with van der Waals surface area (Å²) in [5, 5.41) is 2.87. The van der Waals surface area contributed by atoms with Crippen molar-refractivity contribution >= 4 is 11.6 Å². The fourth-order valence-corrected chi connectivity index (χ4v) is 2.31. The quantitative estimate of drug-likeness (QED) is 0.707. The number of carbonyl (C=O) groups excluding carboxylic acids is 1. The first-order valence-electron chi connectivity index (χ1n) is 7.77. The lowest BCUT2D eigenvalue weighted by Crippen LogP contribution is -2.43. The molecule has 1 heterocycles. The Morgan fingerprint density at radius 3 is 2.57 bits per heavy atom. The van der Waals surface area contributed by atoms with Gasteiger partial charge in [-0.2, -0.15) is 0 Å². The molecule has 0 saturated carbocycles. The Morgan fingerprint density at radius 1 is 1.35 bits per heavy atom. The van der Waals surface area contributed by atoms with E-state index in [1.807, 2.05) is 13.0 Å².